The van der Waals surface area contributed by atoms with Crippen LogP contribution < -0.4 is 15.8 Å². The Bertz CT molecular complexity index is 873. The first-order valence-corrected chi connectivity index (χ1v) is 10.2. The van der Waals surface area contributed by atoms with E-state index in [-0.39, 0.29) is 17.7 Å². The van der Waals surface area contributed by atoms with Crippen molar-refractivity contribution in [2.75, 3.05) is 13.1 Å². The minimum Gasteiger partial charge on any atom is -0.480 e. The average Bonchev–Trinajstić information content (AvgIpc) is 3.17. The van der Waals surface area contributed by atoms with E-state index in [2.05, 4.69) is 22.3 Å². The van der Waals surface area contributed by atoms with Crippen LogP contribution in [0.2, 0.25) is 0 Å². The Hall–Kier alpha value is -2.86. The van der Waals surface area contributed by atoms with Crippen molar-refractivity contribution in [1.82, 2.24) is 10.2 Å². The monoisotopic (exact) mass is 393 g/mol. The lowest BCUT2D eigenvalue weighted by Crippen LogP contribution is -2.40. The molecule has 1 fully saturated rings. The largest absolute Gasteiger partial charge is 0.480 e. The summed E-state index contributed by atoms with van der Waals surface area (Å²) in [6.45, 7) is 2.94. The van der Waals surface area contributed by atoms with Crippen LogP contribution in [0, 0.1) is 5.92 Å². The number of amides is 2. The molecular weight excluding hydrogens is 366 g/mol. The van der Waals surface area contributed by atoms with Crippen molar-refractivity contribution in [1.29, 1.82) is 0 Å². The number of fused-ring (bicyclic) bond motifs is 1. The van der Waals surface area contributed by atoms with Crippen molar-refractivity contribution in [2.24, 2.45) is 11.7 Å². The Labute approximate surface area is 171 Å². The molecule has 0 radical (unpaired) electrons. The van der Waals surface area contributed by atoms with Crippen LogP contribution in [0.15, 0.2) is 48.5 Å². The molecule has 0 aromatic heterocycles. The van der Waals surface area contributed by atoms with Crippen LogP contribution in [-0.2, 0) is 29.1 Å². The van der Waals surface area contributed by atoms with Crippen LogP contribution in [0.5, 0.6) is 5.75 Å². The molecule has 2 aliphatic rings. The number of primary amides is 1. The van der Waals surface area contributed by atoms with Crippen molar-refractivity contribution in [3.8, 4) is 5.75 Å². The van der Waals surface area contributed by atoms with Gasteiger partial charge in [0.1, 0.15) is 5.75 Å². The van der Waals surface area contributed by atoms with Gasteiger partial charge in [-0.15, -0.1) is 0 Å². The maximum Gasteiger partial charge on any atom is 0.261 e. The molecule has 29 heavy (non-hydrogen) atoms. The molecule has 1 saturated heterocycles. The molecule has 0 aliphatic carbocycles. The molecule has 2 atom stereocenters. The fourth-order valence-electron chi connectivity index (χ4n) is 4.16. The summed E-state index contributed by atoms with van der Waals surface area (Å²) in [6, 6.07) is 16.0. The van der Waals surface area contributed by atoms with Gasteiger partial charge >= 0.3 is 0 Å². The van der Waals surface area contributed by atoms with E-state index in [0.717, 1.165) is 49.4 Å². The number of carbonyl (C=O) groups is 2. The van der Waals surface area contributed by atoms with Gasteiger partial charge in [0.25, 0.3) is 5.91 Å². The van der Waals surface area contributed by atoms with Crippen LogP contribution in [0.25, 0.3) is 0 Å². The highest BCUT2D eigenvalue weighted by Crippen LogP contribution is 2.28. The van der Waals surface area contributed by atoms with Gasteiger partial charge < -0.3 is 15.8 Å². The summed E-state index contributed by atoms with van der Waals surface area (Å²) >= 11 is 0. The normalized spacial score (nSPS) is 21.2. The van der Waals surface area contributed by atoms with Crippen LogP contribution in [0.4, 0.5) is 0 Å². The van der Waals surface area contributed by atoms with Gasteiger partial charge in [0.05, 0.1) is 5.92 Å². The topological polar surface area (TPSA) is 84.7 Å². The molecule has 2 amide bonds. The lowest BCUT2D eigenvalue weighted by Gasteiger charge is -2.31. The zero-order valence-electron chi connectivity index (χ0n) is 16.5. The summed E-state index contributed by atoms with van der Waals surface area (Å²) in [7, 11) is 0. The third-order valence-corrected chi connectivity index (χ3v) is 5.71. The maximum atomic E-state index is 12.5. The predicted molar refractivity (Wildman–Crippen MR) is 110 cm³/mol. The Kier molecular flexibility index (Phi) is 5.81. The highest BCUT2D eigenvalue weighted by molar-refractivity contribution is 5.82. The van der Waals surface area contributed by atoms with E-state index in [0.29, 0.717) is 13.0 Å². The minimum atomic E-state index is -0.463. The van der Waals surface area contributed by atoms with E-state index >= 15 is 0 Å². The number of piperidine rings is 1. The first-order chi connectivity index (χ1) is 14.1. The Morgan fingerprint density at radius 1 is 1.14 bits per heavy atom. The van der Waals surface area contributed by atoms with Gasteiger partial charge in [-0.2, -0.15) is 0 Å². The van der Waals surface area contributed by atoms with Crippen LogP contribution >= 0.6 is 0 Å². The van der Waals surface area contributed by atoms with Crippen LogP contribution in [-0.4, -0.2) is 35.9 Å². The number of likely N-dealkylation sites (tertiary alicyclic amines) is 1. The number of benzene rings is 2. The standard InChI is InChI=1S/C23H27N3O3/c24-22(27)19-8-4-10-26(15-19)14-17-6-3-5-16(11-17)13-25-23(28)21-12-18-7-1-2-9-20(18)29-21/h1-3,5-7,9,11,19,21H,4,8,10,12-15H2,(H2,24,27)(H,25,28). The van der Waals surface area contributed by atoms with Crippen molar-refractivity contribution >= 4 is 11.8 Å². The summed E-state index contributed by atoms with van der Waals surface area (Å²) in [6.07, 6.45) is 2.02. The van der Waals surface area contributed by atoms with Gasteiger partial charge in [-0.1, -0.05) is 42.5 Å². The van der Waals surface area contributed by atoms with Crippen LogP contribution in [0.1, 0.15) is 29.5 Å². The number of carbonyl (C=O) groups excluding carboxylic acids is 2. The summed E-state index contributed by atoms with van der Waals surface area (Å²) < 4.78 is 5.75. The molecule has 2 unspecified atom stereocenters. The number of para-hydroxylation sites is 1. The highest BCUT2D eigenvalue weighted by atomic mass is 16.5. The molecule has 6 heteroatoms. The molecule has 0 bridgehead atoms. The third-order valence-electron chi connectivity index (χ3n) is 5.71. The fraction of sp³-hybridized carbons (Fsp3) is 0.391. The highest BCUT2D eigenvalue weighted by Gasteiger charge is 2.28. The zero-order valence-corrected chi connectivity index (χ0v) is 16.5. The van der Waals surface area contributed by atoms with Crippen molar-refractivity contribution < 1.29 is 14.3 Å². The molecule has 152 valence electrons. The summed E-state index contributed by atoms with van der Waals surface area (Å²) in [5, 5.41) is 2.99. The van der Waals surface area contributed by atoms with E-state index in [9.17, 15) is 9.59 Å². The second-order valence-corrected chi connectivity index (χ2v) is 7.93. The Morgan fingerprint density at radius 3 is 2.79 bits per heavy atom. The molecule has 0 spiro atoms. The van der Waals surface area contributed by atoms with Crippen LogP contribution in [0.3, 0.4) is 0 Å². The van der Waals surface area contributed by atoms with E-state index in [4.69, 9.17) is 10.5 Å². The van der Waals surface area contributed by atoms with Crippen molar-refractivity contribution in [3.63, 3.8) is 0 Å². The molecular formula is C23H27N3O3. The van der Waals surface area contributed by atoms with E-state index in [1.165, 1.54) is 5.56 Å². The Balaban J connectivity index is 1.30. The predicted octanol–water partition coefficient (Wildman–Crippen LogP) is 2.00. The number of rotatable bonds is 6. The van der Waals surface area contributed by atoms with E-state index in [1.54, 1.807) is 0 Å². The SMILES string of the molecule is NC(=O)C1CCCN(Cc2cccc(CNC(=O)C3Cc4ccccc4O3)c2)C1. The molecule has 2 heterocycles. The van der Waals surface area contributed by atoms with Gasteiger partial charge in [0.15, 0.2) is 6.10 Å². The smallest absolute Gasteiger partial charge is 0.261 e. The van der Waals surface area contributed by atoms with Gasteiger partial charge in [-0.3, -0.25) is 14.5 Å². The van der Waals surface area contributed by atoms with Crippen molar-refractivity contribution in [3.05, 3.63) is 65.2 Å². The lowest BCUT2D eigenvalue weighted by molar-refractivity contribution is -0.127. The number of ether oxygens (including phenoxy) is 1. The number of hydrogen-bond donors (Lipinski definition) is 2. The van der Waals surface area contributed by atoms with E-state index < -0.39 is 6.10 Å². The summed E-state index contributed by atoms with van der Waals surface area (Å²) in [5.41, 5.74) is 8.78. The van der Waals surface area contributed by atoms with E-state index in [1.807, 2.05) is 36.4 Å². The first-order valence-electron chi connectivity index (χ1n) is 10.2. The number of hydrogen-bond acceptors (Lipinski definition) is 4. The molecule has 3 N–H and O–H groups in total. The minimum absolute atomic E-state index is 0.0539. The zero-order chi connectivity index (χ0) is 20.2. The second kappa shape index (κ2) is 8.66. The third kappa shape index (κ3) is 4.77. The molecule has 2 aromatic rings. The fourth-order valence-corrected chi connectivity index (χ4v) is 4.16. The summed E-state index contributed by atoms with van der Waals surface area (Å²) in [4.78, 5) is 26.3. The number of nitrogens with one attached hydrogen (secondary N) is 1. The van der Waals surface area contributed by atoms with Gasteiger partial charge in [-0.25, -0.2) is 0 Å². The average molecular weight is 393 g/mol. The van der Waals surface area contributed by atoms with Gasteiger partial charge in [-0.05, 0) is 42.1 Å². The molecule has 2 aromatic carbocycles. The molecule has 6 nitrogen and oxygen atoms in total. The summed E-state index contributed by atoms with van der Waals surface area (Å²) in [5.74, 6) is 0.446. The first kappa shape index (κ1) is 19.5. The second-order valence-electron chi connectivity index (χ2n) is 7.93. The lowest BCUT2D eigenvalue weighted by atomic mass is 9.97. The van der Waals surface area contributed by atoms with Crippen molar-refractivity contribution in [2.45, 2.75) is 38.5 Å². The number of nitrogens with two attached hydrogens (primary N) is 1. The molecule has 0 saturated carbocycles. The Morgan fingerprint density at radius 2 is 1.97 bits per heavy atom. The maximum absolute atomic E-state index is 12.5. The molecule has 4 rings (SSSR count). The van der Waals surface area contributed by atoms with Gasteiger partial charge in [0, 0.05) is 26.1 Å². The quantitative estimate of drug-likeness (QED) is 0.786. The van der Waals surface area contributed by atoms with Gasteiger partial charge in [0.2, 0.25) is 5.91 Å². The number of nitrogens with zero attached hydrogens (tertiary/aromatic N) is 1. The molecule has 2 aliphatic heterocycles.